The Kier molecular flexibility index (Phi) is 2.79. The number of benzene rings is 2. The van der Waals surface area contributed by atoms with E-state index < -0.39 is 0 Å². The number of aryl methyl sites for hydroxylation is 1. The van der Waals surface area contributed by atoms with Crippen LogP contribution in [0.3, 0.4) is 0 Å². The molecule has 0 bridgehead atoms. The van der Waals surface area contributed by atoms with Gasteiger partial charge in [-0.3, -0.25) is 0 Å². The molecule has 1 aliphatic rings. The van der Waals surface area contributed by atoms with Crippen LogP contribution in [0.4, 0.5) is 4.39 Å². The van der Waals surface area contributed by atoms with Crippen molar-refractivity contribution in [2.45, 2.75) is 26.4 Å². The summed E-state index contributed by atoms with van der Waals surface area (Å²) in [6.45, 7) is 1.63. The molecule has 1 aliphatic carbocycles. The molecule has 0 amide bonds. The van der Waals surface area contributed by atoms with Crippen molar-refractivity contribution >= 4 is 0 Å². The summed E-state index contributed by atoms with van der Waals surface area (Å²) in [6, 6.07) is 6.64. The molecular formula is C16H15FO2. The molecule has 0 unspecified atom stereocenters. The van der Waals surface area contributed by atoms with Crippen molar-refractivity contribution in [3.05, 3.63) is 52.3 Å². The third-order valence-electron chi connectivity index (χ3n) is 3.86. The van der Waals surface area contributed by atoms with Gasteiger partial charge in [0.2, 0.25) is 0 Å². The Morgan fingerprint density at radius 1 is 1.16 bits per heavy atom. The van der Waals surface area contributed by atoms with Gasteiger partial charge >= 0.3 is 0 Å². The van der Waals surface area contributed by atoms with Crippen LogP contribution < -0.4 is 0 Å². The van der Waals surface area contributed by atoms with Crippen LogP contribution in [0.15, 0.2) is 24.3 Å². The van der Waals surface area contributed by atoms with Crippen LogP contribution in [-0.2, 0) is 19.4 Å². The molecule has 3 heteroatoms. The first-order valence-corrected chi connectivity index (χ1v) is 6.35. The van der Waals surface area contributed by atoms with Crippen molar-refractivity contribution in [2.75, 3.05) is 0 Å². The van der Waals surface area contributed by atoms with Crippen molar-refractivity contribution in [2.24, 2.45) is 0 Å². The third kappa shape index (κ3) is 1.81. The summed E-state index contributed by atoms with van der Waals surface area (Å²) in [6.07, 6.45) is 1.80. The van der Waals surface area contributed by atoms with Crippen molar-refractivity contribution in [3.63, 3.8) is 0 Å². The molecule has 0 heterocycles. The topological polar surface area (TPSA) is 40.5 Å². The molecule has 2 N–H and O–H groups in total. The van der Waals surface area contributed by atoms with Crippen LogP contribution in [0, 0.1) is 12.7 Å². The summed E-state index contributed by atoms with van der Waals surface area (Å²) in [5.74, 6) is -0.0458. The molecule has 0 aliphatic heterocycles. The Bertz CT molecular complexity index is 662. The van der Waals surface area contributed by atoms with Gasteiger partial charge in [-0.1, -0.05) is 12.1 Å². The predicted octanol–water partition coefficient (Wildman–Crippen LogP) is 3.10. The number of rotatable bonds is 2. The molecule has 2 aromatic carbocycles. The summed E-state index contributed by atoms with van der Waals surface area (Å²) in [7, 11) is 0. The van der Waals surface area contributed by atoms with E-state index in [-0.39, 0.29) is 12.4 Å². The zero-order valence-electron chi connectivity index (χ0n) is 10.7. The van der Waals surface area contributed by atoms with Gasteiger partial charge in [-0.25, -0.2) is 4.39 Å². The highest BCUT2D eigenvalue weighted by Crippen LogP contribution is 2.41. The number of hydrogen-bond acceptors (Lipinski definition) is 2. The van der Waals surface area contributed by atoms with E-state index in [9.17, 15) is 9.50 Å². The van der Waals surface area contributed by atoms with Crippen LogP contribution in [-0.4, -0.2) is 10.2 Å². The molecule has 0 radical (unpaired) electrons. The Morgan fingerprint density at radius 3 is 2.47 bits per heavy atom. The minimum Gasteiger partial charge on any atom is -0.508 e. The normalized spacial score (nSPS) is 13.0. The van der Waals surface area contributed by atoms with Crippen LogP contribution in [0.1, 0.15) is 22.3 Å². The van der Waals surface area contributed by atoms with Crippen LogP contribution in [0.25, 0.3) is 11.1 Å². The van der Waals surface area contributed by atoms with Gasteiger partial charge in [0.25, 0.3) is 0 Å². The first kappa shape index (κ1) is 12.2. The molecule has 0 spiro atoms. The maximum absolute atomic E-state index is 13.8. The highest BCUT2D eigenvalue weighted by molar-refractivity contribution is 5.76. The summed E-state index contributed by atoms with van der Waals surface area (Å²) in [5.41, 5.74) is 5.18. The molecule has 0 atom stereocenters. The monoisotopic (exact) mass is 258 g/mol. The van der Waals surface area contributed by atoms with E-state index >= 15 is 0 Å². The van der Waals surface area contributed by atoms with Gasteiger partial charge in [0.1, 0.15) is 11.6 Å². The Labute approximate surface area is 111 Å². The lowest BCUT2D eigenvalue weighted by Crippen LogP contribution is -2.11. The van der Waals surface area contributed by atoms with E-state index in [0.29, 0.717) is 11.3 Å². The second kappa shape index (κ2) is 4.35. The predicted molar refractivity (Wildman–Crippen MR) is 71.6 cm³/mol. The fourth-order valence-corrected chi connectivity index (χ4v) is 2.77. The quantitative estimate of drug-likeness (QED) is 0.869. The zero-order valence-corrected chi connectivity index (χ0v) is 10.7. The average Bonchev–Trinajstić information content (AvgIpc) is 2.32. The molecule has 0 aromatic heterocycles. The lowest BCUT2D eigenvalue weighted by Gasteiger charge is -2.26. The van der Waals surface area contributed by atoms with Crippen LogP contribution in [0.2, 0.25) is 0 Å². The summed E-state index contributed by atoms with van der Waals surface area (Å²) in [4.78, 5) is 0. The van der Waals surface area contributed by atoms with Gasteiger partial charge < -0.3 is 10.2 Å². The van der Waals surface area contributed by atoms with E-state index in [2.05, 4.69) is 0 Å². The number of aliphatic hydroxyl groups excluding tert-OH is 1. The first-order valence-electron chi connectivity index (χ1n) is 6.35. The highest BCUT2D eigenvalue weighted by Gasteiger charge is 2.23. The second-order valence-electron chi connectivity index (χ2n) is 5.01. The third-order valence-corrected chi connectivity index (χ3v) is 3.86. The van der Waals surface area contributed by atoms with Crippen molar-refractivity contribution in [1.29, 1.82) is 0 Å². The van der Waals surface area contributed by atoms with Gasteiger partial charge in [0.15, 0.2) is 0 Å². The number of halogens is 1. The number of phenols is 1. The fraction of sp³-hybridized carbons (Fsp3) is 0.250. The molecule has 98 valence electrons. The average molecular weight is 258 g/mol. The lowest BCUT2D eigenvalue weighted by atomic mass is 9.79. The van der Waals surface area contributed by atoms with Crippen molar-refractivity contribution < 1.29 is 14.6 Å². The van der Waals surface area contributed by atoms with Crippen LogP contribution in [0.5, 0.6) is 5.75 Å². The van der Waals surface area contributed by atoms with Gasteiger partial charge in [-0.2, -0.15) is 0 Å². The Morgan fingerprint density at radius 2 is 1.89 bits per heavy atom. The van der Waals surface area contributed by atoms with E-state index in [4.69, 9.17) is 5.11 Å². The minimum absolute atomic E-state index is 0.293. The van der Waals surface area contributed by atoms with E-state index in [1.165, 1.54) is 6.07 Å². The van der Waals surface area contributed by atoms with Crippen LogP contribution >= 0.6 is 0 Å². The van der Waals surface area contributed by atoms with Gasteiger partial charge in [0, 0.05) is 5.56 Å². The molecule has 2 nitrogen and oxygen atoms in total. The minimum atomic E-state index is -0.388. The summed E-state index contributed by atoms with van der Waals surface area (Å²) >= 11 is 0. The molecule has 0 saturated heterocycles. The number of hydrogen-bond donors (Lipinski definition) is 2. The Hall–Kier alpha value is -1.87. The molecule has 19 heavy (non-hydrogen) atoms. The maximum atomic E-state index is 13.8. The summed E-state index contributed by atoms with van der Waals surface area (Å²) in [5, 5.41) is 18.8. The number of aliphatic hydroxyl groups is 1. The molecule has 2 aromatic rings. The van der Waals surface area contributed by atoms with E-state index in [1.807, 2.05) is 13.0 Å². The van der Waals surface area contributed by atoms with Gasteiger partial charge in [0.05, 0.1) is 6.61 Å². The highest BCUT2D eigenvalue weighted by atomic mass is 19.1. The molecule has 3 rings (SSSR count). The number of fused-ring (bicyclic) bond motifs is 1. The second-order valence-corrected chi connectivity index (χ2v) is 5.01. The smallest absolute Gasteiger partial charge is 0.129 e. The number of aromatic hydroxyl groups is 1. The first-order chi connectivity index (χ1) is 9.11. The van der Waals surface area contributed by atoms with Crippen molar-refractivity contribution in [3.8, 4) is 16.9 Å². The molecular weight excluding hydrogens is 243 g/mol. The maximum Gasteiger partial charge on any atom is 0.129 e. The Balaban J connectivity index is 2.18. The molecule has 0 saturated carbocycles. The largest absolute Gasteiger partial charge is 0.508 e. The van der Waals surface area contributed by atoms with E-state index in [0.717, 1.165) is 40.7 Å². The SMILES string of the molecule is Cc1cc(O)c2c(c1-c1ccc(CO)c(F)c1)CC2. The van der Waals surface area contributed by atoms with Crippen molar-refractivity contribution in [1.82, 2.24) is 0 Å². The van der Waals surface area contributed by atoms with Gasteiger partial charge in [-0.15, -0.1) is 0 Å². The standard InChI is InChI=1S/C16H15FO2/c1-9-6-15(19)12-4-5-13(12)16(9)10-2-3-11(8-18)14(17)7-10/h2-3,6-7,18-19H,4-5,8H2,1H3. The number of phenolic OH excluding ortho intramolecular Hbond substituents is 1. The van der Waals surface area contributed by atoms with E-state index in [1.54, 1.807) is 12.1 Å². The molecule has 0 fully saturated rings. The zero-order chi connectivity index (χ0) is 13.6. The van der Waals surface area contributed by atoms with Gasteiger partial charge in [-0.05, 0) is 59.7 Å². The fourth-order valence-electron chi connectivity index (χ4n) is 2.77. The lowest BCUT2D eigenvalue weighted by molar-refractivity contribution is 0.276. The summed E-state index contributed by atoms with van der Waals surface area (Å²) < 4.78 is 13.8.